The predicted molar refractivity (Wildman–Crippen MR) is 77.9 cm³/mol. The van der Waals surface area contributed by atoms with Crippen LogP contribution in [0.3, 0.4) is 0 Å². The summed E-state index contributed by atoms with van der Waals surface area (Å²) in [6.45, 7) is 2.42. The van der Waals surface area contributed by atoms with Gasteiger partial charge in [0.05, 0.1) is 12.2 Å². The SMILES string of the molecule is Cc1ccc(N(CC(N)=O)Cc2cccc(N)c2)nn1. The Labute approximate surface area is 117 Å². The summed E-state index contributed by atoms with van der Waals surface area (Å²) >= 11 is 0. The highest BCUT2D eigenvalue weighted by Gasteiger charge is 2.12. The number of carbonyl (C=O) groups is 1. The molecule has 0 spiro atoms. The van der Waals surface area contributed by atoms with Gasteiger partial charge in [-0.15, -0.1) is 5.10 Å². The van der Waals surface area contributed by atoms with Crippen molar-refractivity contribution in [2.45, 2.75) is 13.5 Å². The molecule has 4 N–H and O–H groups in total. The lowest BCUT2D eigenvalue weighted by atomic mass is 10.2. The summed E-state index contributed by atoms with van der Waals surface area (Å²) in [6.07, 6.45) is 0. The molecule has 0 radical (unpaired) electrons. The Kier molecular flexibility index (Phi) is 4.14. The minimum absolute atomic E-state index is 0.0759. The van der Waals surface area contributed by atoms with Crippen LogP contribution in [0.2, 0.25) is 0 Å². The van der Waals surface area contributed by atoms with Gasteiger partial charge in [0, 0.05) is 12.2 Å². The summed E-state index contributed by atoms with van der Waals surface area (Å²) in [5.41, 5.74) is 13.5. The number of amides is 1. The van der Waals surface area contributed by atoms with E-state index in [0.717, 1.165) is 11.3 Å². The third-order valence-corrected chi connectivity index (χ3v) is 2.78. The molecule has 6 nitrogen and oxygen atoms in total. The Balaban J connectivity index is 2.23. The Morgan fingerprint density at radius 1 is 1.25 bits per heavy atom. The highest BCUT2D eigenvalue weighted by Crippen LogP contribution is 2.15. The van der Waals surface area contributed by atoms with Gasteiger partial charge in [-0.2, -0.15) is 5.10 Å². The lowest BCUT2D eigenvalue weighted by molar-refractivity contribution is -0.116. The highest BCUT2D eigenvalue weighted by atomic mass is 16.1. The molecule has 0 aliphatic heterocycles. The van der Waals surface area contributed by atoms with Crippen LogP contribution in [-0.4, -0.2) is 22.6 Å². The molecule has 0 saturated carbocycles. The number of carbonyl (C=O) groups excluding carboxylic acids is 1. The number of nitrogens with two attached hydrogens (primary N) is 2. The highest BCUT2D eigenvalue weighted by molar-refractivity contribution is 5.79. The van der Waals surface area contributed by atoms with Crippen LogP contribution in [0.15, 0.2) is 36.4 Å². The summed E-state index contributed by atoms with van der Waals surface area (Å²) in [5.74, 6) is 0.188. The zero-order valence-electron chi connectivity index (χ0n) is 11.3. The second kappa shape index (κ2) is 6.01. The molecule has 0 atom stereocenters. The van der Waals surface area contributed by atoms with Gasteiger partial charge >= 0.3 is 0 Å². The van der Waals surface area contributed by atoms with E-state index in [0.29, 0.717) is 18.1 Å². The molecule has 0 saturated heterocycles. The molecule has 0 aliphatic carbocycles. The number of nitrogen functional groups attached to an aromatic ring is 1. The molecule has 1 aromatic heterocycles. The van der Waals surface area contributed by atoms with Crippen LogP contribution >= 0.6 is 0 Å². The van der Waals surface area contributed by atoms with Gasteiger partial charge in [-0.05, 0) is 36.8 Å². The first-order chi connectivity index (χ1) is 9.54. The number of aromatic nitrogens is 2. The van der Waals surface area contributed by atoms with Gasteiger partial charge in [-0.3, -0.25) is 4.79 Å². The van der Waals surface area contributed by atoms with E-state index < -0.39 is 5.91 Å². The van der Waals surface area contributed by atoms with E-state index in [1.165, 1.54) is 0 Å². The van der Waals surface area contributed by atoms with Crippen LogP contribution in [0.4, 0.5) is 11.5 Å². The molecule has 2 rings (SSSR count). The monoisotopic (exact) mass is 271 g/mol. The predicted octanol–water partition coefficient (Wildman–Crippen LogP) is 0.859. The number of nitrogens with zero attached hydrogens (tertiary/aromatic N) is 3. The Bertz CT molecular complexity index is 597. The van der Waals surface area contributed by atoms with Crippen molar-refractivity contribution in [2.75, 3.05) is 17.2 Å². The third-order valence-electron chi connectivity index (χ3n) is 2.78. The van der Waals surface area contributed by atoms with Gasteiger partial charge in [0.15, 0.2) is 5.82 Å². The number of benzene rings is 1. The van der Waals surface area contributed by atoms with Crippen molar-refractivity contribution in [3.8, 4) is 0 Å². The molecule has 0 fully saturated rings. The summed E-state index contributed by atoms with van der Waals surface area (Å²) in [4.78, 5) is 13.0. The number of hydrogen-bond acceptors (Lipinski definition) is 5. The lowest BCUT2D eigenvalue weighted by Crippen LogP contribution is -2.34. The molecule has 1 amide bonds. The minimum atomic E-state index is -0.420. The smallest absolute Gasteiger partial charge is 0.237 e. The normalized spacial score (nSPS) is 10.2. The summed E-state index contributed by atoms with van der Waals surface area (Å²) in [5, 5.41) is 8.09. The van der Waals surface area contributed by atoms with Crippen molar-refractivity contribution in [3.63, 3.8) is 0 Å². The fraction of sp³-hybridized carbons (Fsp3) is 0.214. The maximum absolute atomic E-state index is 11.2. The molecule has 6 heteroatoms. The standard InChI is InChI=1S/C14H17N5O/c1-10-5-6-14(18-17-10)19(9-13(16)20)8-11-3-2-4-12(15)7-11/h2-7H,8-9,15H2,1H3,(H2,16,20). The molecule has 104 valence electrons. The Morgan fingerprint density at radius 3 is 2.65 bits per heavy atom. The van der Waals surface area contributed by atoms with Crippen LogP contribution in [0, 0.1) is 6.92 Å². The maximum atomic E-state index is 11.2. The molecule has 0 aliphatic rings. The van der Waals surface area contributed by atoms with E-state index in [-0.39, 0.29) is 6.54 Å². The zero-order chi connectivity index (χ0) is 14.5. The van der Waals surface area contributed by atoms with Crippen molar-refractivity contribution in [1.82, 2.24) is 10.2 Å². The van der Waals surface area contributed by atoms with Crippen LogP contribution < -0.4 is 16.4 Å². The number of anilines is 2. The quantitative estimate of drug-likeness (QED) is 0.786. The summed E-state index contributed by atoms with van der Waals surface area (Å²) in [7, 11) is 0. The van der Waals surface area contributed by atoms with Gasteiger partial charge in [0.25, 0.3) is 0 Å². The lowest BCUT2D eigenvalue weighted by Gasteiger charge is -2.21. The first-order valence-electron chi connectivity index (χ1n) is 6.22. The molecular weight excluding hydrogens is 254 g/mol. The fourth-order valence-corrected chi connectivity index (χ4v) is 1.88. The molecule has 2 aromatic rings. The average Bonchev–Trinajstić information content (AvgIpc) is 2.38. The van der Waals surface area contributed by atoms with Gasteiger partial charge in [-0.1, -0.05) is 12.1 Å². The first kappa shape index (κ1) is 13.8. The van der Waals surface area contributed by atoms with Crippen LogP contribution in [0.25, 0.3) is 0 Å². The van der Waals surface area contributed by atoms with Crippen LogP contribution in [-0.2, 0) is 11.3 Å². The summed E-state index contributed by atoms with van der Waals surface area (Å²) < 4.78 is 0. The molecule has 0 bridgehead atoms. The molecule has 1 aromatic carbocycles. The molecular formula is C14H17N5O. The largest absolute Gasteiger partial charge is 0.399 e. The third kappa shape index (κ3) is 3.68. The summed E-state index contributed by atoms with van der Waals surface area (Å²) in [6, 6.07) is 11.1. The molecule has 0 unspecified atom stereocenters. The van der Waals surface area contributed by atoms with Crippen LogP contribution in [0.5, 0.6) is 0 Å². The van der Waals surface area contributed by atoms with E-state index in [9.17, 15) is 4.79 Å². The zero-order valence-corrected chi connectivity index (χ0v) is 11.3. The van der Waals surface area contributed by atoms with Gasteiger partial charge < -0.3 is 16.4 Å². The van der Waals surface area contributed by atoms with Crippen molar-refractivity contribution in [1.29, 1.82) is 0 Å². The van der Waals surface area contributed by atoms with E-state index in [2.05, 4.69) is 10.2 Å². The maximum Gasteiger partial charge on any atom is 0.237 e. The Hall–Kier alpha value is -2.63. The number of rotatable bonds is 5. The topological polar surface area (TPSA) is 98.1 Å². The van der Waals surface area contributed by atoms with E-state index in [1.807, 2.05) is 43.3 Å². The van der Waals surface area contributed by atoms with E-state index >= 15 is 0 Å². The first-order valence-corrected chi connectivity index (χ1v) is 6.22. The number of hydrogen-bond donors (Lipinski definition) is 2. The van der Waals surface area contributed by atoms with Crippen LogP contribution in [0.1, 0.15) is 11.3 Å². The average molecular weight is 271 g/mol. The van der Waals surface area contributed by atoms with Gasteiger partial charge in [0.2, 0.25) is 5.91 Å². The van der Waals surface area contributed by atoms with Crippen molar-refractivity contribution >= 4 is 17.4 Å². The second-order valence-corrected chi connectivity index (χ2v) is 4.60. The molecule has 20 heavy (non-hydrogen) atoms. The van der Waals surface area contributed by atoms with Gasteiger partial charge in [-0.25, -0.2) is 0 Å². The Morgan fingerprint density at radius 2 is 2.05 bits per heavy atom. The number of aryl methyl sites for hydroxylation is 1. The van der Waals surface area contributed by atoms with Crippen molar-refractivity contribution in [3.05, 3.63) is 47.7 Å². The van der Waals surface area contributed by atoms with Gasteiger partial charge in [0.1, 0.15) is 0 Å². The molecule has 1 heterocycles. The second-order valence-electron chi connectivity index (χ2n) is 4.60. The minimum Gasteiger partial charge on any atom is -0.399 e. The fourth-order valence-electron chi connectivity index (χ4n) is 1.88. The van der Waals surface area contributed by atoms with E-state index in [4.69, 9.17) is 11.5 Å². The van der Waals surface area contributed by atoms with E-state index in [1.54, 1.807) is 4.90 Å². The van der Waals surface area contributed by atoms with Crippen molar-refractivity contribution < 1.29 is 4.79 Å². The number of primary amides is 1. The van der Waals surface area contributed by atoms with Crippen molar-refractivity contribution in [2.24, 2.45) is 5.73 Å².